The Hall–Kier alpha value is -2.15. The van der Waals surface area contributed by atoms with E-state index in [1.165, 1.54) is 32.4 Å². The lowest BCUT2D eigenvalue weighted by Gasteiger charge is -2.31. The Kier molecular flexibility index (Phi) is 5.86. The molecule has 1 saturated heterocycles. The van der Waals surface area contributed by atoms with Crippen molar-refractivity contribution in [1.82, 2.24) is 24.6 Å². The third-order valence-corrected chi connectivity index (χ3v) is 4.84. The van der Waals surface area contributed by atoms with E-state index in [1.54, 1.807) is 19.3 Å². The number of piperidine rings is 1. The summed E-state index contributed by atoms with van der Waals surface area (Å²) in [4.78, 5) is 19.0. The average molecular weight is 345 g/mol. The van der Waals surface area contributed by atoms with Crippen molar-refractivity contribution < 1.29 is 9.53 Å². The van der Waals surface area contributed by atoms with E-state index in [2.05, 4.69) is 31.6 Å². The third kappa shape index (κ3) is 3.92. The molecule has 1 N–H and O–H groups in total. The van der Waals surface area contributed by atoms with Crippen LogP contribution in [0.25, 0.3) is 11.3 Å². The molecule has 1 atom stereocenters. The van der Waals surface area contributed by atoms with Gasteiger partial charge in [-0.05, 0) is 39.3 Å². The molecule has 1 aliphatic heterocycles. The van der Waals surface area contributed by atoms with Crippen LogP contribution in [0.3, 0.4) is 0 Å². The molecular formula is C18H27N5O2. The molecule has 7 heteroatoms. The predicted molar refractivity (Wildman–Crippen MR) is 95.4 cm³/mol. The second-order valence-electron chi connectivity index (χ2n) is 6.49. The molecule has 3 heterocycles. The minimum absolute atomic E-state index is 0.320. The van der Waals surface area contributed by atoms with Crippen LogP contribution in [-0.4, -0.2) is 56.9 Å². The number of carbonyl (C=O) groups is 1. The number of nitrogens with zero attached hydrogens (tertiary/aromatic N) is 4. The highest BCUT2D eigenvalue weighted by atomic mass is 16.5. The quantitative estimate of drug-likeness (QED) is 0.781. The number of H-pyrrole nitrogens is 1. The topological polar surface area (TPSA) is 76.0 Å². The molecule has 0 aromatic carbocycles. The molecule has 0 bridgehead atoms. The Morgan fingerprint density at radius 2 is 2.08 bits per heavy atom. The molecule has 1 aliphatic rings. The minimum Gasteiger partial charge on any atom is -0.461 e. The third-order valence-electron chi connectivity index (χ3n) is 4.84. The van der Waals surface area contributed by atoms with Crippen LogP contribution in [0.1, 0.15) is 56.1 Å². The van der Waals surface area contributed by atoms with Gasteiger partial charge in [0.15, 0.2) is 5.69 Å². The van der Waals surface area contributed by atoms with Gasteiger partial charge in [-0.3, -0.25) is 5.10 Å². The fraction of sp³-hybridized carbons (Fsp3) is 0.611. The summed E-state index contributed by atoms with van der Waals surface area (Å²) in [6, 6.07) is 0.320. The summed E-state index contributed by atoms with van der Waals surface area (Å²) in [6.07, 6.45) is 10.2. The van der Waals surface area contributed by atoms with E-state index in [0.29, 0.717) is 18.3 Å². The average Bonchev–Trinajstić information content (AvgIpc) is 3.29. The van der Waals surface area contributed by atoms with E-state index in [9.17, 15) is 4.79 Å². The van der Waals surface area contributed by atoms with E-state index < -0.39 is 0 Å². The summed E-state index contributed by atoms with van der Waals surface area (Å²) in [6.45, 7) is 7.67. The van der Waals surface area contributed by atoms with Gasteiger partial charge < -0.3 is 14.2 Å². The number of rotatable bonds is 7. The van der Waals surface area contributed by atoms with Gasteiger partial charge in [-0.15, -0.1) is 0 Å². The zero-order valence-corrected chi connectivity index (χ0v) is 15.1. The Bertz CT molecular complexity index is 687. The highest BCUT2D eigenvalue weighted by Gasteiger charge is 2.23. The van der Waals surface area contributed by atoms with Crippen LogP contribution < -0.4 is 0 Å². The maximum atomic E-state index is 12.2. The molecule has 25 heavy (non-hydrogen) atoms. The van der Waals surface area contributed by atoms with Crippen molar-refractivity contribution in [2.75, 3.05) is 26.2 Å². The summed E-state index contributed by atoms with van der Waals surface area (Å²) in [5.74, 6) is -0.383. The molecule has 136 valence electrons. The number of esters is 1. The highest BCUT2D eigenvalue weighted by Crippen LogP contribution is 2.27. The monoisotopic (exact) mass is 345 g/mol. The number of likely N-dealkylation sites (tertiary alicyclic amines) is 1. The number of carbonyl (C=O) groups excluding carboxylic acids is 1. The van der Waals surface area contributed by atoms with E-state index in [-0.39, 0.29) is 5.97 Å². The molecule has 1 fully saturated rings. The lowest BCUT2D eigenvalue weighted by Crippen LogP contribution is -2.35. The fourth-order valence-electron chi connectivity index (χ4n) is 3.50. The molecule has 2 aromatic heterocycles. The van der Waals surface area contributed by atoms with Gasteiger partial charge in [-0.1, -0.05) is 13.3 Å². The van der Waals surface area contributed by atoms with Crippen molar-refractivity contribution in [3.63, 3.8) is 0 Å². The molecule has 3 rings (SSSR count). The number of aromatic nitrogens is 4. The number of ether oxygens (including phenoxy) is 1. The first-order valence-electron chi connectivity index (χ1n) is 9.19. The van der Waals surface area contributed by atoms with Gasteiger partial charge in [0.05, 0.1) is 36.6 Å². The molecule has 0 amide bonds. The predicted octanol–water partition coefficient (Wildman–Crippen LogP) is 2.89. The zero-order valence-electron chi connectivity index (χ0n) is 15.1. The molecule has 0 aliphatic carbocycles. The summed E-state index contributed by atoms with van der Waals surface area (Å²) in [7, 11) is 0. The van der Waals surface area contributed by atoms with Crippen molar-refractivity contribution in [3.8, 4) is 11.3 Å². The standard InChI is InChI=1S/C18H27N5O2/c1-3-14(12-22-8-6-5-7-9-22)23-13-19-11-16(23)15-10-20-21-17(15)18(24)25-4-2/h10-11,13-14H,3-9,12H2,1-2H3,(H,20,21). The Morgan fingerprint density at radius 3 is 2.80 bits per heavy atom. The minimum atomic E-state index is -0.383. The second-order valence-corrected chi connectivity index (χ2v) is 6.49. The number of aromatic amines is 1. The Balaban J connectivity index is 1.84. The second kappa shape index (κ2) is 8.29. The van der Waals surface area contributed by atoms with Gasteiger partial charge in [0.1, 0.15) is 0 Å². The first-order valence-corrected chi connectivity index (χ1v) is 9.19. The fourth-order valence-corrected chi connectivity index (χ4v) is 3.50. The van der Waals surface area contributed by atoms with Gasteiger partial charge in [0.2, 0.25) is 0 Å². The first-order chi connectivity index (χ1) is 12.2. The van der Waals surface area contributed by atoms with Crippen LogP contribution in [0.15, 0.2) is 18.7 Å². The van der Waals surface area contributed by atoms with Crippen LogP contribution >= 0.6 is 0 Å². The maximum Gasteiger partial charge on any atom is 0.357 e. The van der Waals surface area contributed by atoms with Crippen LogP contribution in [0.4, 0.5) is 0 Å². The van der Waals surface area contributed by atoms with E-state index in [0.717, 1.165) is 24.2 Å². The van der Waals surface area contributed by atoms with E-state index in [4.69, 9.17) is 4.74 Å². The van der Waals surface area contributed by atoms with Crippen LogP contribution in [0.2, 0.25) is 0 Å². The van der Waals surface area contributed by atoms with Crippen LogP contribution in [0, 0.1) is 0 Å². The molecular weight excluding hydrogens is 318 g/mol. The summed E-state index contributed by atoms with van der Waals surface area (Å²) >= 11 is 0. The molecule has 2 aromatic rings. The van der Waals surface area contributed by atoms with E-state index >= 15 is 0 Å². The van der Waals surface area contributed by atoms with Gasteiger partial charge in [-0.25, -0.2) is 9.78 Å². The summed E-state index contributed by atoms with van der Waals surface area (Å²) in [5, 5.41) is 6.81. The normalized spacial score (nSPS) is 16.7. The SMILES string of the molecule is CCOC(=O)c1[nH]ncc1-c1cncn1C(CC)CN1CCCCC1. The molecule has 0 radical (unpaired) electrons. The lowest BCUT2D eigenvalue weighted by molar-refractivity contribution is 0.0520. The maximum absolute atomic E-state index is 12.2. The van der Waals surface area contributed by atoms with E-state index in [1.807, 2.05) is 6.33 Å². The van der Waals surface area contributed by atoms with Crippen molar-refractivity contribution >= 4 is 5.97 Å². The zero-order chi connectivity index (χ0) is 17.6. The molecule has 1 unspecified atom stereocenters. The highest BCUT2D eigenvalue weighted by molar-refractivity contribution is 5.94. The van der Waals surface area contributed by atoms with Gasteiger partial charge in [0.25, 0.3) is 0 Å². The molecule has 7 nitrogen and oxygen atoms in total. The largest absolute Gasteiger partial charge is 0.461 e. The number of nitrogens with one attached hydrogen (secondary N) is 1. The van der Waals surface area contributed by atoms with Gasteiger partial charge >= 0.3 is 5.97 Å². The molecule has 0 spiro atoms. The molecule has 0 saturated carbocycles. The number of hydrogen-bond acceptors (Lipinski definition) is 5. The van der Waals surface area contributed by atoms with Crippen molar-refractivity contribution in [1.29, 1.82) is 0 Å². The smallest absolute Gasteiger partial charge is 0.357 e. The van der Waals surface area contributed by atoms with Gasteiger partial charge in [0, 0.05) is 12.6 Å². The van der Waals surface area contributed by atoms with Crippen LogP contribution in [-0.2, 0) is 4.74 Å². The Labute approximate surface area is 148 Å². The van der Waals surface area contributed by atoms with Crippen LogP contribution in [0.5, 0.6) is 0 Å². The lowest BCUT2D eigenvalue weighted by atomic mass is 10.1. The van der Waals surface area contributed by atoms with Crippen molar-refractivity contribution in [2.24, 2.45) is 0 Å². The Morgan fingerprint density at radius 1 is 1.28 bits per heavy atom. The summed E-state index contributed by atoms with van der Waals surface area (Å²) < 4.78 is 7.29. The van der Waals surface area contributed by atoms with Crippen molar-refractivity contribution in [3.05, 3.63) is 24.4 Å². The summed E-state index contributed by atoms with van der Waals surface area (Å²) in [5.41, 5.74) is 2.03. The number of imidazole rings is 1. The van der Waals surface area contributed by atoms with Gasteiger partial charge in [-0.2, -0.15) is 5.10 Å². The number of hydrogen-bond donors (Lipinski definition) is 1. The first kappa shape index (κ1) is 17.7. The van der Waals surface area contributed by atoms with Crippen molar-refractivity contribution in [2.45, 2.75) is 45.6 Å².